The van der Waals surface area contributed by atoms with Crippen LogP contribution in [0.2, 0.25) is 0 Å². The van der Waals surface area contributed by atoms with E-state index in [0.717, 1.165) is 6.42 Å². The Morgan fingerprint density at radius 2 is 2.36 bits per heavy atom. The van der Waals surface area contributed by atoms with Gasteiger partial charge in [0.2, 0.25) is 0 Å². The molecule has 0 aromatic heterocycles. The summed E-state index contributed by atoms with van der Waals surface area (Å²) in [6, 6.07) is 0. The minimum atomic E-state index is 0.375. The number of carbonyl (C=O) groups excluding carboxylic acids is 1. The van der Waals surface area contributed by atoms with Gasteiger partial charge in [0.1, 0.15) is 0 Å². The molecule has 0 N–H and O–H groups in total. The second kappa shape index (κ2) is 2.51. The van der Waals surface area contributed by atoms with Gasteiger partial charge in [0, 0.05) is 11.7 Å². The monoisotopic (exact) mass is 170 g/mol. The molecule has 1 aliphatic heterocycles. The quantitative estimate of drug-likeness (QED) is 0.556. The van der Waals surface area contributed by atoms with Crippen molar-refractivity contribution in [3.8, 4) is 0 Å². The van der Waals surface area contributed by atoms with Crippen LogP contribution in [0.4, 0.5) is 0 Å². The van der Waals surface area contributed by atoms with Gasteiger partial charge >= 0.3 is 0 Å². The zero-order valence-electron chi connectivity index (χ0n) is 6.93. The Balaban J connectivity index is 2.17. The maximum Gasteiger partial charge on any atom is 0.189 e. The number of hydrogen-bond acceptors (Lipinski definition) is 2. The molecule has 1 nitrogen and oxygen atoms in total. The molecule has 1 saturated heterocycles. The fraction of sp³-hybridized carbons (Fsp3) is 0.889. The molecule has 11 heavy (non-hydrogen) atoms. The van der Waals surface area contributed by atoms with E-state index in [0.29, 0.717) is 15.8 Å². The summed E-state index contributed by atoms with van der Waals surface area (Å²) < 4.78 is 0. The molecule has 1 heterocycles. The molecule has 2 atom stereocenters. The third kappa shape index (κ3) is 1.22. The SMILES string of the molecule is CC12CCCCC1SC(=O)C2. The summed E-state index contributed by atoms with van der Waals surface area (Å²) in [6.45, 7) is 2.29. The summed E-state index contributed by atoms with van der Waals surface area (Å²) in [4.78, 5) is 11.2. The lowest BCUT2D eigenvalue weighted by atomic mass is 9.74. The van der Waals surface area contributed by atoms with Gasteiger partial charge in [-0.05, 0) is 18.3 Å². The number of rotatable bonds is 0. The van der Waals surface area contributed by atoms with Crippen LogP contribution in [0.25, 0.3) is 0 Å². The van der Waals surface area contributed by atoms with Gasteiger partial charge in [0.25, 0.3) is 0 Å². The molecule has 1 aliphatic carbocycles. The Morgan fingerprint density at radius 3 is 3.09 bits per heavy atom. The van der Waals surface area contributed by atoms with Crippen LogP contribution < -0.4 is 0 Å². The fourth-order valence-corrected chi connectivity index (χ4v) is 3.80. The smallest absolute Gasteiger partial charge is 0.189 e. The van der Waals surface area contributed by atoms with E-state index in [2.05, 4.69) is 6.92 Å². The van der Waals surface area contributed by atoms with E-state index < -0.39 is 0 Å². The molecular weight excluding hydrogens is 156 g/mol. The zero-order chi connectivity index (χ0) is 7.90. The molecule has 2 unspecified atom stereocenters. The first kappa shape index (κ1) is 7.66. The Kier molecular flexibility index (Phi) is 1.75. The molecular formula is C9H14OS. The highest BCUT2D eigenvalue weighted by Gasteiger charge is 2.44. The summed E-state index contributed by atoms with van der Waals surface area (Å²) in [7, 11) is 0. The molecule has 2 fully saturated rings. The van der Waals surface area contributed by atoms with Gasteiger partial charge < -0.3 is 0 Å². The number of carbonyl (C=O) groups is 1. The molecule has 2 aliphatic rings. The van der Waals surface area contributed by atoms with E-state index in [4.69, 9.17) is 0 Å². The van der Waals surface area contributed by atoms with Crippen LogP contribution in [0.5, 0.6) is 0 Å². The van der Waals surface area contributed by atoms with Crippen molar-refractivity contribution in [3.63, 3.8) is 0 Å². The highest BCUT2D eigenvalue weighted by molar-refractivity contribution is 8.14. The van der Waals surface area contributed by atoms with Crippen molar-refractivity contribution in [3.05, 3.63) is 0 Å². The lowest BCUT2D eigenvalue weighted by Crippen LogP contribution is -2.28. The highest BCUT2D eigenvalue weighted by atomic mass is 32.2. The van der Waals surface area contributed by atoms with Crippen molar-refractivity contribution >= 4 is 16.9 Å². The number of hydrogen-bond donors (Lipinski definition) is 0. The summed E-state index contributed by atoms with van der Waals surface area (Å²) in [5.41, 5.74) is 0.375. The van der Waals surface area contributed by atoms with Crippen LogP contribution in [0.1, 0.15) is 39.0 Å². The van der Waals surface area contributed by atoms with Crippen LogP contribution in [0.15, 0.2) is 0 Å². The Hall–Kier alpha value is 0.0200. The first-order valence-electron chi connectivity index (χ1n) is 4.40. The zero-order valence-corrected chi connectivity index (χ0v) is 7.75. The summed E-state index contributed by atoms with van der Waals surface area (Å²) in [5, 5.41) is 1.09. The maximum atomic E-state index is 11.2. The summed E-state index contributed by atoms with van der Waals surface area (Å²) in [6.07, 6.45) is 6.05. The van der Waals surface area contributed by atoms with Gasteiger partial charge in [-0.15, -0.1) is 0 Å². The average molecular weight is 170 g/mol. The Bertz CT molecular complexity index is 190. The van der Waals surface area contributed by atoms with Gasteiger partial charge in [-0.1, -0.05) is 31.5 Å². The van der Waals surface area contributed by atoms with Crippen molar-refractivity contribution in [1.82, 2.24) is 0 Å². The van der Waals surface area contributed by atoms with E-state index in [-0.39, 0.29) is 0 Å². The van der Waals surface area contributed by atoms with Crippen molar-refractivity contribution in [2.24, 2.45) is 5.41 Å². The predicted octanol–water partition coefficient (Wildman–Crippen LogP) is 2.60. The van der Waals surface area contributed by atoms with Gasteiger partial charge in [-0.3, -0.25) is 4.79 Å². The van der Waals surface area contributed by atoms with Crippen LogP contribution in [0, 0.1) is 5.41 Å². The van der Waals surface area contributed by atoms with Crippen LogP contribution in [-0.2, 0) is 4.79 Å². The minimum absolute atomic E-state index is 0.375. The molecule has 0 amide bonds. The topological polar surface area (TPSA) is 17.1 Å². The third-order valence-electron chi connectivity index (χ3n) is 3.06. The summed E-state index contributed by atoms with van der Waals surface area (Å²) in [5.74, 6) is 0. The molecule has 2 rings (SSSR count). The van der Waals surface area contributed by atoms with E-state index in [1.54, 1.807) is 11.8 Å². The minimum Gasteiger partial charge on any atom is -0.287 e. The number of thioether (sulfide) groups is 1. The highest BCUT2D eigenvalue weighted by Crippen LogP contribution is 2.51. The first-order valence-corrected chi connectivity index (χ1v) is 5.28. The molecule has 62 valence electrons. The molecule has 0 aromatic carbocycles. The average Bonchev–Trinajstić information content (AvgIpc) is 2.22. The second-order valence-corrected chi connectivity index (χ2v) is 5.32. The van der Waals surface area contributed by atoms with Gasteiger partial charge in [0.05, 0.1) is 0 Å². The largest absolute Gasteiger partial charge is 0.287 e. The summed E-state index contributed by atoms with van der Waals surface area (Å²) >= 11 is 1.61. The molecule has 0 radical (unpaired) electrons. The predicted molar refractivity (Wildman–Crippen MR) is 47.6 cm³/mol. The normalized spacial score (nSPS) is 44.1. The van der Waals surface area contributed by atoms with E-state index in [1.165, 1.54) is 25.7 Å². The van der Waals surface area contributed by atoms with E-state index in [1.807, 2.05) is 0 Å². The van der Waals surface area contributed by atoms with Crippen molar-refractivity contribution < 1.29 is 4.79 Å². The van der Waals surface area contributed by atoms with E-state index >= 15 is 0 Å². The first-order chi connectivity index (χ1) is 5.21. The van der Waals surface area contributed by atoms with Crippen molar-refractivity contribution in [2.45, 2.75) is 44.3 Å². The van der Waals surface area contributed by atoms with Crippen LogP contribution in [0.3, 0.4) is 0 Å². The molecule has 0 spiro atoms. The Morgan fingerprint density at radius 1 is 1.55 bits per heavy atom. The second-order valence-electron chi connectivity index (χ2n) is 4.06. The molecule has 0 aromatic rings. The van der Waals surface area contributed by atoms with Crippen molar-refractivity contribution in [1.29, 1.82) is 0 Å². The molecule has 2 heteroatoms. The lowest BCUT2D eigenvalue weighted by molar-refractivity contribution is -0.112. The standard InChI is InChI=1S/C9H14OS/c1-9-5-3-2-4-7(9)11-8(10)6-9/h7H,2-6H2,1H3. The van der Waals surface area contributed by atoms with E-state index in [9.17, 15) is 4.79 Å². The van der Waals surface area contributed by atoms with Gasteiger partial charge in [0.15, 0.2) is 5.12 Å². The number of fused-ring (bicyclic) bond motifs is 1. The Labute approximate surface area is 71.9 Å². The third-order valence-corrected chi connectivity index (χ3v) is 4.56. The maximum absolute atomic E-state index is 11.2. The fourth-order valence-electron chi connectivity index (χ4n) is 2.30. The van der Waals surface area contributed by atoms with Crippen molar-refractivity contribution in [2.75, 3.05) is 0 Å². The lowest BCUT2D eigenvalue weighted by Gasteiger charge is -2.33. The van der Waals surface area contributed by atoms with Crippen LogP contribution in [-0.4, -0.2) is 10.4 Å². The van der Waals surface area contributed by atoms with Gasteiger partial charge in [-0.25, -0.2) is 0 Å². The molecule has 1 saturated carbocycles. The van der Waals surface area contributed by atoms with Gasteiger partial charge in [-0.2, -0.15) is 0 Å². The van der Waals surface area contributed by atoms with Crippen LogP contribution >= 0.6 is 11.8 Å². The molecule has 0 bridgehead atoms.